The summed E-state index contributed by atoms with van der Waals surface area (Å²) < 4.78 is 1.60. The Bertz CT molecular complexity index is 1600. The van der Waals surface area contributed by atoms with Crippen LogP contribution in [0, 0.1) is 0 Å². The van der Waals surface area contributed by atoms with Gasteiger partial charge in [-0.1, -0.05) is 78.5 Å². The Morgan fingerprint density at radius 3 is 2.03 bits per heavy atom. The zero-order chi connectivity index (χ0) is 24.5. The molecule has 5 nitrogen and oxygen atoms in total. The molecule has 4 aromatic carbocycles. The Morgan fingerprint density at radius 2 is 1.33 bits per heavy atom. The number of aromatic nitrogens is 2. The first-order valence-electron chi connectivity index (χ1n) is 11.9. The van der Waals surface area contributed by atoms with Gasteiger partial charge < -0.3 is 0 Å². The van der Waals surface area contributed by atoms with Gasteiger partial charge in [-0.15, -0.1) is 0 Å². The second-order valence-electron chi connectivity index (χ2n) is 8.66. The van der Waals surface area contributed by atoms with Gasteiger partial charge in [0.1, 0.15) is 0 Å². The van der Waals surface area contributed by atoms with Crippen LogP contribution in [0.1, 0.15) is 11.1 Å². The van der Waals surface area contributed by atoms with E-state index >= 15 is 0 Å². The maximum Gasteiger partial charge on any atom is 0.266 e. The van der Waals surface area contributed by atoms with Crippen molar-refractivity contribution in [1.29, 1.82) is 0 Å². The standard InChI is InChI=1S/C30H23N3O2S/c34-28(33-26-16-8-4-10-21(26)18-19-22-11-5-9-17-27(22)33)20-36-30-31-25-15-7-6-14-24(25)29(35)32(30)23-12-2-1-3-13-23/h1-17H,18-20H2. The van der Waals surface area contributed by atoms with E-state index in [2.05, 4.69) is 12.1 Å². The molecule has 0 saturated carbocycles. The number of carbonyl (C=O) groups excluding carboxylic acids is 1. The van der Waals surface area contributed by atoms with Crippen LogP contribution in [-0.4, -0.2) is 21.2 Å². The van der Waals surface area contributed by atoms with Gasteiger partial charge in [0.2, 0.25) is 5.91 Å². The Labute approximate surface area is 213 Å². The quantitative estimate of drug-likeness (QED) is 0.232. The molecule has 5 aromatic rings. The predicted molar refractivity (Wildman–Crippen MR) is 146 cm³/mol. The van der Waals surface area contributed by atoms with Gasteiger partial charge in [0.25, 0.3) is 5.56 Å². The lowest BCUT2D eigenvalue weighted by Crippen LogP contribution is -2.29. The minimum absolute atomic E-state index is 0.0520. The van der Waals surface area contributed by atoms with Gasteiger partial charge in [-0.2, -0.15) is 0 Å². The number of anilines is 2. The Kier molecular flexibility index (Phi) is 5.87. The van der Waals surface area contributed by atoms with Crippen molar-refractivity contribution in [2.45, 2.75) is 18.0 Å². The highest BCUT2D eigenvalue weighted by molar-refractivity contribution is 7.99. The first-order valence-corrected chi connectivity index (χ1v) is 12.9. The van der Waals surface area contributed by atoms with Crippen LogP contribution in [0.15, 0.2) is 113 Å². The molecule has 1 aliphatic heterocycles. The fourth-order valence-corrected chi connectivity index (χ4v) is 5.62. The van der Waals surface area contributed by atoms with Crippen LogP contribution < -0.4 is 10.5 Å². The highest BCUT2D eigenvalue weighted by Gasteiger charge is 2.26. The molecule has 0 N–H and O–H groups in total. The van der Waals surface area contributed by atoms with E-state index in [1.165, 1.54) is 11.8 Å². The summed E-state index contributed by atoms with van der Waals surface area (Å²) in [4.78, 5) is 33.9. The third kappa shape index (κ3) is 3.99. The molecule has 6 heteroatoms. The summed E-state index contributed by atoms with van der Waals surface area (Å²) in [6.07, 6.45) is 1.76. The van der Waals surface area contributed by atoms with E-state index in [0.29, 0.717) is 16.1 Å². The molecule has 0 unspecified atom stereocenters. The Morgan fingerprint density at radius 1 is 0.750 bits per heavy atom. The topological polar surface area (TPSA) is 55.2 Å². The van der Waals surface area contributed by atoms with Crippen molar-refractivity contribution in [3.05, 3.63) is 125 Å². The third-order valence-corrected chi connectivity index (χ3v) is 7.39. The molecule has 176 valence electrons. The number of aryl methyl sites for hydroxylation is 2. The first-order chi connectivity index (χ1) is 17.7. The van der Waals surface area contributed by atoms with E-state index in [0.717, 1.165) is 41.0 Å². The minimum atomic E-state index is -0.146. The molecule has 1 amide bonds. The monoisotopic (exact) mass is 489 g/mol. The van der Waals surface area contributed by atoms with E-state index in [9.17, 15) is 9.59 Å². The average Bonchev–Trinajstić information content (AvgIpc) is 3.09. The number of benzene rings is 4. The van der Waals surface area contributed by atoms with Gasteiger partial charge in [0.05, 0.1) is 33.7 Å². The number of fused-ring (bicyclic) bond motifs is 3. The second-order valence-corrected chi connectivity index (χ2v) is 9.61. The third-order valence-electron chi connectivity index (χ3n) is 6.46. The van der Waals surface area contributed by atoms with Crippen molar-refractivity contribution in [1.82, 2.24) is 9.55 Å². The van der Waals surface area contributed by atoms with Gasteiger partial charge in [-0.25, -0.2) is 4.98 Å². The molecule has 0 spiro atoms. The number of rotatable bonds is 4. The number of hydrogen-bond donors (Lipinski definition) is 0. The SMILES string of the molecule is O=C(CSc1nc2ccccc2c(=O)n1-c1ccccc1)N1c2ccccc2CCc2ccccc21. The van der Waals surface area contributed by atoms with Gasteiger partial charge in [0.15, 0.2) is 5.16 Å². The molecule has 0 radical (unpaired) electrons. The van der Waals surface area contributed by atoms with Crippen LogP contribution in [0.25, 0.3) is 16.6 Å². The number of hydrogen-bond acceptors (Lipinski definition) is 4. The zero-order valence-corrected chi connectivity index (χ0v) is 20.3. The Balaban J connectivity index is 1.41. The summed E-state index contributed by atoms with van der Waals surface area (Å²) in [6, 6.07) is 32.9. The second kappa shape index (κ2) is 9.47. The summed E-state index contributed by atoms with van der Waals surface area (Å²) in [7, 11) is 0. The molecule has 0 bridgehead atoms. The molecule has 2 heterocycles. The number of thioether (sulfide) groups is 1. The van der Waals surface area contributed by atoms with E-state index < -0.39 is 0 Å². The lowest BCUT2D eigenvalue weighted by molar-refractivity contribution is -0.115. The molecular formula is C30H23N3O2S. The van der Waals surface area contributed by atoms with E-state index in [1.54, 1.807) is 10.6 Å². The predicted octanol–water partition coefficient (Wildman–Crippen LogP) is 5.94. The molecule has 1 aliphatic rings. The van der Waals surface area contributed by atoms with Crippen LogP contribution in [0.2, 0.25) is 0 Å². The molecule has 1 aromatic heterocycles. The van der Waals surface area contributed by atoms with Crippen molar-refractivity contribution in [3.63, 3.8) is 0 Å². The molecular weight excluding hydrogens is 466 g/mol. The lowest BCUT2D eigenvalue weighted by atomic mass is 10.0. The van der Waals surface area contributed by atoms with Gasteiger partial charge in [-0.3, -0.25) is 19.1 Å². The number of amides is 1. The normalized spacial score (nSPS) is 12.6. The number of carbonyl (C=O) groups is 1. The largest absolute Gasteiger partial charge is 0.280 e. The smallest absolute Gasteiger partial charge is 0.266 e. The molecule has 36 heavy (non-hydrogen) atoms. The van der Waals surface area contributed by atoms with E-state index in [4.69, 9.17) is 4.98 Å². The summed E-state index contributed by atoms with van der Waals surface area (Å²) in [5.74, 6) is 0.0871. The average molecular weight is 490 g/mol. The zero-order valence-electron chi connectivity index (χ0n) is 19.5. The summed E-state index contributed by atoms with van der Waals surface area (Å²) in [5, 5.41) is 1.04. The van der Waals surface area contributed by atoms with E-state index in [1.807, 2.05) is 89.8 Å². The molecule has 0 aliphatic carbocycles. The van der Waals surface area contributed by atoms with Crippen molar-refractivity contribution >= 4 is 39.9 Å². The summed E-state index contributed by atoms with van der Waals surface area (Å²) in [5.41, 5.74) is 5.33. The van der Waals surface area contributed by atoms with Crippen LogP contribution in [0.5, 0.6) is 0 Å². The van der Waals surface area contributed by atoms with Crippen LogP contribution >= 0.6 is 11.8 Å². The fourth-order valence-electron chi connectivity index (χ4n) is 4.75. The molecule has 0 fully saturated rings. The number of nitrogens with zero attached hydrogens (tertiary/aromatic N) is 3. The van der Waals surface area contributed by atoms with Crippen LogP contribution in [0.4, 0.5) is 11.4 Å². The van der Waals surface area contributed by atoms with Crippen molar-refractivity contribution < 1.29 is 4.79 Å². The number of para-hydroxylation sites is 4. The molecule has 0 saturated heterocycles. The van der Waals surface area contributed by atoms with Crippen LogP contribution in [-0.2, 0) is 17.6 Å². The van der Waals surface area contributed by atoms with Crippen molar-refractivity contribution in [3.8, 4) is 5.69 Å². The molecule has 0 atom stereocenters. The Hall–Kier alpha value is -4.16. The van der Waals surface area contributed by atoms with Gasteiger partial charge >= 0.3 is 0 Å². The summed E-state index contributed by atoms with van der Waals surface area (Å²) in [6.45, 7) is 0. The van der Waals surface area contributed by atoms with Gasteiger partial charge in [0, 0.05) is 0 Å². The highest BCUT2D eigenvalue weighted by Crippen LogP contribution is 2.36. The maximum atomic E-state index is 13.8. The lowest BCUT2D eigenvalue weighted by Gasteiger charge is -2.25. The minimum Gasteiger partial charge on any atom is -0.280 e. The molecule has 6 rings (SSSR count). The summed E-state index contributed by atoms with van der Waals surface area (Å²) >= 11 is 1.29. The van der Waals surface area contributed by atoms with Crippen LogP contribution in [0.3, 0.4) is 0 Å². The fraction of sp³-hybridized carbons (Fsp3) is 0.100. The van der Waals surface area contributed by atoms with Gasteiger partial charge in [-0.05, 0) is 60.4 Å². The highest BCUT2D eigenvalue weighted by atomic mass is 32.2. The van der Waals surface area contributed by atoms with Crippen molar-refractivity contribution in [2.24, 2.45) is 0 Å². The maximum absolute atomic E-state index is 13.8. The van der Waals surface area contributed by atoms with Crippen molar-refractivity contribution in [2.75, 3.05) is 10.7 Å². The van der Waals surface area contributed by atoms with E-state index in [-0.39, 0.29) is 17.2 Å². The first kappa shape index (κ1) is 22.3.